The van der Waals surface area contributed by atoms with Crippen LogP contribution in [0, 0.1) is 13.8 Å². The minimum absolute atomic E-state index is 0.101. The molecule has 2 aromatic carbocycles. The van der Waals surface area contributed by atoms with Gasteiger partial charge in [0.1, 0.15) is 17.0 Å². The minimum Gasteiger partial charge on any atom is -0.492 e. The topological polar surface area (TPSA) is 112 Å². The molecule has 0 unspecified atom stereocenters. The summed E-state index contributed by atoms with van der Waals surface area (Å²) in [7, 11) is 4.01. The van der Waals surface area contributed by atoms with Crippen molar-refractivity contribution in [1.29, 1.82) is 0 Å². The average Bonchev–Trinajstić information content (AvgIpc) is 2.93. The number of hydrogen-bond acceptors (Lipinski definition) is 6. The number of ether oxygens (including phenoxy) is 1. The maximum atomic E-state index is 13.4. The highest BCUT2D eigenvalue weighted by Gasteiger charge is 2.43. The summed E-state index contributed by atoms with van der Waals surface area (Å²) in [4.78, 5) is 32.5. The first-order valence-electron chi connectivity index (χ1n) is 13.9. The number of benzene rings is 2. The Morgan fingerprint density at radius 1 is 1.07 bits per heavy atom. The van der Waals surface area contributed by atoms with Crippen LogP contribution in [0.3, 0.4) is 0 Å². The largest absolute Gasteiger partial charge is 0.492 e. The maximum Gasteiger partial charge on any atom is 0.329 e. The molecule has 1 aromatic heterocycles. The Labute approximate surface area is 246 Å². The van der Waals surface area contributed by atoms with E-state index in [2.05, 4.69) is 16.3 Å². The second-order valence-corrected chi connectivity index (χ2v) is 11.5. The summed E-state index contributed by atoms with van der Waals surface area (Å²) in [5, 5.41) is 23.1. The quantitative estimate of drug-likeness (QED) is 0.272. The van der Waals surface area contributed by atoms with Crippen molar-refractivity contribution in [3.05, 3.63) is 70.4 Å². The fraction of sp³-hybridized carbons (Fsp3) is 0.406. The number of carbonyl (C=O) groups excluding carboxylic acids is 1. The van der Waals surface area contributed by atoms with E-state index in [0.29, 0.717) is 35.9 Å². The maximum absolute atomic E-state index is 13.4. The molecule has 3 aromatic rings. The number of aromatic nitrogens is 1. The zero-order chi connectivity index (χ0) is 29.7. The van der Waals surface area contributed by atoms with Crippen LogP contribution in [0.15, 0.2) is 48.5 Å². The summed E-state index contributed by atoms with van der Waals surface area (Å²) >= 11 is 6.48. The van der Waals surface area contributed by atoms with E-state index in [4.69, 9.17) is 21.3 Å². The van der Waals surface area contributed by atoms with Gasteiger partial charge >= 0.3 is 5.97 Å². The van der Waals surface area contributed by atoms with E-state index in [1.807, 2.05) is 58.3 Å². The van der Waals surface area contributed by atoms with E-state index in [9.17, 15) is 19.8 Å². The van der Waals surface area contributed by atoms with Crippen molar-refractivity contribution in [3.63, 3.8) is 0 Å². The number of nitrogens with zero attached hydrogens (tertiary/aromatic N) is 2. The standard InChI is InChI=1S/C32H38ClN3O5/c1-20-6-8-24(21(2)18-20)25-9-11-27(30(38)35-32(31(39)40)14-12-23(37)13-15-32)34-29(25)22-7-10-26(33)28(19-22)41-17-5-16-36(3)4/h6-11,18-19,23,37H,5,12-17H2,1-4H3,(H,35,38)(H,39,40)/t23-,32+. The Balaban J connectivity index is 1.74. The number of carboxylic acid groups (broad SMARTS) is 1. The highest BCUT2D eigenvalue weighted by atomic mass is 35.5. The van der Waals surface area contributed by atoms with Crippen molar-refractivity contribution in [3.8, 4) is 28.1 Å². The van der Waals surface area contributed by atoms with Gasteiger partial charge in [-0.3, -0.25) is 4.79 Å². The molecule has 1 aliphatic carbocycles. The van der Waals surface area contributed by atoms with Gasteiger partial charge in [-0.15, -0.1) is 0 Å². The number of nitrogens with one attached hydrogen (secondary N) is 1. The molecule has 8 nitrogen and oxygen atoms in total. The van der Waals surface area contributed by atoms with Crippen molar-refractivity contribution in [2.75, 3.05) is 27.2 Å². The predicted octanol–water partition coefficient (Wildman–Crippen LogP) is 5.50. The number of aryl methyl sites for hydroxylation is 2. The number of pyridine rings is 1. The monoisotopic (exact) mass is 579 g/mol. The Morgan fingerprint density at radius 3 is 2.44 bits per heavy atom. The summed E-state index contributed by atoms with van der Waals surface area (Å²) in [6, 6.07) is 15.0. The summed E-state index contributed by atoms with van der Waals surface area (Å²) in [6.07, 6.45) is 1.17. The molecule has 41 heavy (non-hydrogen) atoms. The van der Waals surface area contributed by atoms with Crippen LogP contribution in [0.25, 0.3) is 22.4 Å². The highest BCUT2D eigenvalue weighted by Crippen LogP contribution is 2.37. The van der Waals surface area contributed by atoms with E-state index in [1.54, 1.807) is 12.1 Å². The van der Waals surface area contributed by atoms with Gasteiger partial charge in [-0.2, -0.15) is 0 Å². The van der Waals surface area contributed by atoms with Crippen LogP contribution in [0.5, 0.6) is 5.75 Å². The normalized spacial score (nSPS) is 18.8. The molecular formula is C32H38ClN3O5. The Morgan fingerprint density at radius 2 is 1.78 bits per heavy atom. The number of rotatable bonds is 10. The van der Waals surface area contributed by atoms with Crippen LogP contribution < -0.4 is 10.1 Å². The summed E-state index contributed by atoms with van der Waals surface area (Å²) in [5.41, 5.74) is 3.92. The number of halogens is 1. The van der Waals surface area contributed by atoms with Crippen molar-refractivity contribution >= 4 is 23.5 Å². The Kier molecular flexibility index (Phi) is 9.68. The molecule has 1 saturated carbocycles. The van der Waals surface area contributed by atoms with Gasteiger partial charge in [0, 0.05) is 17.7 Å². The van der Waals surface area contributed by atoms with Crippen LogP contribution in [-0.2, 0) is 4.79 Å². The lowest BCUT2D eigenvalue weighted by atomic mass is 9.80. The number of aliphatic hydroxyl groups is 1. The van der Waals surface area contributed by atoms with Crippen molar-refractivity contribution in [2.45, 2.75) is 57.6 Å². The number of carboxylic acids is 1. The van der Waals surface area contributed by atoms with Crippen molar-refractivity contribution in [2.24, 2.45) is 0 Å². The molecular weight excluding hydrogens is 542 g/mol. The van der Waals surface area contributed by atoms with Crippen molar-refractivity contribution in [1.82, 2.24) is 15.2 Å². The number of aliphatic carboxylic acids is 1. The van der Waals surface area contributed by atoms with E-state index < -0.39 is 23.5 Å². The molecule has 0 aliphatic heterocycles. The Bertz CT molecular complexity index is 1420. The second kappa shape index (κ2) is 13.0. The number of amides is 1. The first kappa shape index (κ1) is 30.5. The lowest BCUT2D eigenvalue weighted by Gasteiger charge is -2.35. The second-order valence-electron chi connectivity index (χ2n) is 11.1. The van der Waals surface area contributed by atoms with E-state index in [1.165, 1.54) is 0 Å². The van der Waals surface area contributed by atoms with Gasteiger partial charge in [0.05, 0.1) is 23.4 Å². The fourth-order valence-electron chi connectivity index (χ4n) is 5.23. The third-order valence-corrected chi connectivity index (χ3v) is 7.89. The molecule has 1 aliphatic rings. The molecule has 218 valence electrons. The number of hydrogen-bond donors (Lipinski definition) is 3. The van der Waals surface area contributed by atoms with Crippen LogP contribution >= 0.6 is 11.6 Å². The average molecular weight is 580 g/mol. The summed E-state index contributed by atoms with van der Waals surface area (Å²) in [5.74, 6) is -1.17. The molecule has 0 atom stereocenters. The van der Waals surface area contributed by atoms with Crippen molar-refractivity contribution < 1.29 is 24.5 Å². The fourth-order valence-corrected chi connectivity index (χ4v) is 5.40. The Hall–Kier alpha value is -3.46. The van der Waals surface area contributed by atoms with Gasteiger partial charge in [0.25, 0.3) is 5.91 Å². The molecule has 0 saturated heterocycles. The van der Waals surface area contributed by atoms with Gasteiger partial charge in [0.2, 0.25) is 0 Å². The van der Waals surface area contributed by atoms with Crippen LogP contribution in [0.4, 0.5) is 0 Å². The SMILES string of the molecule is Cc1ccc(-c2ccc(C(=O)N[C@]3(C(=O)O)CC[C@H](O)CC3)nc2-c2ccc(Cl)c(OCCCN(C)C)c2)c(C)c1. The lowest BCUT2D eigenvalue weighted by Crippen LogP contribution is -2.57. The molecule has 9 heteroatoms. The van der Waals surface area contributed by atoms with Gasteiger partial charge < -0.3 is 25.2 Å². The molecule has 0 spiro atoms. The lowest BCUT2D eigenvalue weighted by molar-refractivity contribution is -0.146. The van der Waals surface area contributed by atoms with Crippen LogP contribution in [-0.4, -0.2) is 70.9 Å². The predicted molar refractivity (Wildman–Crippen MR) is 161 cm³/mol. The van der Waals surface area contributed by atoms with E-state index >= 15 is 0 Å². The van der Waals surface area contributed by atoms with Gasteiger partial charge in [-0.25, -0.2) is 9.78 Å². The third-order valence-electron chi connectivity index (χ3n) is 7.58. The van der Waals surface area contributed by atoms with Gasteiger partial charge in [-0.1, -0.05) is 41.4 Å². The van der Waals surface area contributed by atoms with E-state index in [0.717, 1.165) is 40.8 Å². The van der Waals surface area contributed by atoms with E-state index in [-0.39, 0.29) is 18.5 Å². The molecule has 1 amide bonds. The molecule has 1 heterocycles. The summed E-state index contributed by atoms with van der Waals surface area (Å²) in [6.45, 7) is 5.43. The summed E-state index contributed by atoms with van der Waals surface area (Å²) < 4.78 is 6.01. The zero-order valence-corrected chi connectivity index (χ0v) is 24.8. The van der Waals surface area contributed by atoms with Gasteiger partial charge in [0.15, 0.2) is 0 Å². The highest BCUT2D eigenvalue weighted by molar-refractivity contribution is 6.32. The molecule has 3 N–H and O–H groups in total. The first-order valence-corrected chi connectivity index (χ1v) is 14.3. The van der Waals surface area contributed by atoms with Crippen LogP contribution in [0.1, 0.15) is 53.7 Å². The smallest absolute Gasteiger partial charge is 0.329 e. The number of aliphatic hydroxyl groups excluding tert-OH is 1. The third kappa shape index (κ3) is 7.25. The minimum atomic E-state index is -1.45. The molecule has 0 radical (unpaired) electrons. The molecule has 1 fully saturated rings. The number of carbonyl (C=O) groups is 2. The first-order chi connectivity index (χ1) is 19.5. The molecule has 4 rings (SSSR count). The molecule has 0 bridgehead atoms. The zero-order valence-electron chi connectivity index (χ0n) is 24.0. The van der Waals surface area contributed by atoms with Gasteiger partial charge in [-0.05, 0) is 95.4 Å². The van der Waals surface area contributed by atoms with Crippen LogP contribution in [0.2, 0.25) is 5.02 Å².